The van der Waals surface area contributed by atoms with Crippen molar-refractivity contribution in [3.8, 4) is 10.8 Å². The van der Waals surface area contributed by atoms with Crippen LogP contribution in [0.1, 0.15) is 44.9 Å². The van der Waals surface area contributed by atoms with Crippen molar-refractivity contribution < 1.29 is 9.47 Å². The van der Waals surface area contributed by atoms with Crippen molar-refractivity contribution in [3.63, 3.8) is 0 Å². The molecule has 0 bridgehead atoms. The molecule has 0 saturated carbocycles. The Labute approximate surface area is 185 Å². The highest BCUT2D eigenvalue weighted by atomic mass is 32.1. The van der Waals surface area contributed by atoms with Crippen LogP contribution in [-0.2, 0) is 10.2 Å². The Morgan fingerprint density at radius 1 is 1.07 bits per heavy atom. The standard InChI is InChI=1S/C24H26N2O2S2/c1-15(27-5)16-10-11-18-21(14-16)30-23(25-18)26-19-12-13-29-22(19)28-20-9-7-6-8-17(20)24(2,3)4/h6-15H,1-5H3,(H,25,26). The van der Waals surface area contributed by atoms with Crippen LogP contribution in [0.25, 0.3) is 10.2 Å². The molecule has 4 rings (SSSR count). The average molecular weight is 439 g/mol. The maximum absolute atomic E-state index is 6.33. The molecule has 2 aromatic carbocycles. The number of thiophene rings is 1. The van der Waals surface area contributed by atoms with Gasteiger partial charge in [0.25, 0.3) is 0 Å². The number of fused-ring (bicyclic) bond motifs is 1. The van der Waals surface area contributed by atoms with E-state index in [1.165, 1.54) is 5.56 Å². The highest BCUT2D eigenvalue weighted by Gasteiger charge is 2.20. The monoisotopic (exact) mass is 438 g/mol. The molecular weight excluding hydrogens is 412 g/mol. The summed E-state index contributed by atoms with van der Waals surface area (Å²) in [6.07, 6.45) is 0.0627. The highest BCUT2D eigenvalue weighted by Crippen LogP contribution is 2.41. The number of rotatable bonds is 6. The molecule has 0 spiro atoms. The zero-order valence-electron chi connectivity index (χ0n) is 17.9. The van der Waals surface area contributed by atoms with Crippen molar-refractivity contribution in [2.75, 3.05) is 12.4 Å². The fraction of sp³-hybridized carbons (Fsp3) is 0.292. The quantitative estimate of drug-likeness (QED) is 0.332. The number of hydrogen-bond donors (Lipinski definition) is 1. The molecule has 0 amide bonds. The summed E-state index contributed by atoms with van der Waals surface area (Å²) < 4.78 is 12.9. The highest BCUT2D eigenvalue weighted by molar-refractivity contribution is 7.22. The molecule has 0 aliphatic carbocycles. The van der Waals surface area contributed by atoms with Crippen molar-refractivity contribution in [1.29, 1.82) is 0 Å². The van der Waals surface area contributed by atoms with Crippen LogP contribution in [0.2, 0.25) is 0 Å². The van der Waals surface area contributed by atoms with Crippen molar-refractivity contribution in [2.24, 2.45) is 0 Å². The third-order valence-corrected chi connectivity index (χ3v) is 6.73. The summed E-state index contributed by atoms with van der Waals surface area (Å²) in [6.45, 7) is 8.64. The van der Waals surface area contributed by atoms with Crippen LogP contribution in [0.5, 0.6) is 10.8 Å². The van der Waals surface area contributed by atoms with Crippen molar-refractivity contribution in [1.82, 2.24) is 4.98 Å². The lowest BCUT2D eigenvalue weighted by atomic mass is 9.86. The molecule has 1 atom stereocenters. The largest absolute Gasteiger partial charge is 0.444 e. The van der Waals surface area contributed by atoms with Gasteiger partial charge in [0.1, 0.15) is 5.75 Å². The number of ether oxygens (including phenoxy) is 2. The smallest absolute Gasteiger partial charge is 0.204 e. The van der Waals surface area contributed by atoms with E-state index in [-0.39, 0.29) is 11.5 Å². The molecule has 0 saturated heterocycles. The number of para-hydroxylation sites is 1. The first-order chi connectivity index (χ1) is 14.3. The van der Waals surface area contributed by atoms with E-state index in [1.54, 1.807) is 29.8 Å². The van der Waals surface area contributed by atoms with Gasteiger partial charge in [-0.1, -0.05) is 56.4 Å². The maximum Gasteiger partial charge on any atom is 0.204 e. The molecular formula is C24H26N2O2S2. The zero-order chi connectivity index (χ0) is 21.3. The molecule has 1 unspecified atom stereocenters. The molecule has 4 aromatic rings. The molecule has 156 valence electrons. The summed E-state index contributed by atoms with van der Waals surface area (Å²) in [4.78, 5) is 4.73. The Hall–Kier alpha value is -2.41. The Bertz CT molecular complexity index is 1160. The van der Waals surface area contributed by atoms with Crippen molar-refractivity contribution in [2.45, 2.75) is 39.2 Å². The summed E-state index contributed by atoms with van der Waals surface area (Å²) in [7, 11) is 1.73. The molecule has 1 N–H and O–H groups in total. The lowest BCUT2D eigenvalue weighted by molar-refractivity contribution is 0.119. The number of nitrogens with one attached hydrogen (secondary N) is 1. The molecule has 0 fully saturated rings. The van der Waals surface area contributed by atoms with Gasteiger partial charge in [0.15, 0.2) is 5.13 Å². The molecule has 0 radical (unpaired) electrons. The van der Waals surface area contributed by atoms with Gasteiger partial charge in [-0.2, -0.15) is 0 Å². The first-order valence-electron chi connectivity index (χ1n) is 9.90. The van der Waals surface area contributed by atoms with Gasteiger partial charge in [0, 0.05) is 12.7 Å². The number of methoxy groups -OCH3 is 1. The van der Waals surface area contributed by atoms with Crippen molar-refractivity contribution >= 4 is 43.7 Å². The van der Waals surface area contributed by atoms with E-state index >= 15 is 0 Å². The second kappa shape index (κ2) is 8.38. The van der Waals surface area contributed by atoms with E-state index in [2.05, 4.69) is 50.4 Å². The number of thiazole rings is 1. The number of benzene rings is 2. The predicted octanol–water partition coefficient (Wildman–Crippen LogP) is 7.90. The van der Waals surface area contributed by atoms with Crippen LogP contribution in [0, 0.1) is 0 Å². The van der Waals surface area contributed by atoms with Gasteiger partial charge in [0.2, 0.25) is 5.06 Å². The summed E-state index contributed by atoms with van der Waals surface area (Å²) in [5, 5.41) is 7.16. The third kappa shape index (κ3) is 4.36. The summed E-state index contributed by atoms with van der Waals surface area (Å²) in [6, 6.07) is 16.5. The summed E-state index contributed by atoms with van der Waals surface area (Å²) in [5.41, 5.74) is 4.24. The molecule has 2 aromatic heterocycles. The van der Waals surface area contributed by atoms with Gasteiger partial charge in [0.05, 0.1) is 22.0 Å². The maximum atomic E-state index is 6.33. The first kappa shape index (κ1) is 20.8. The van der Waals surface area contributed by atoms with Crippen LogP contribution >= 0.6 is 22.7 Å². The van der Waals surface area contributed by atoms with Gasteiger partial charge in [-0.3, -0.25) is 0 Å². The SMILES string of the molecule is COC(C)c1ccc2nc(Nc3ccsc3Oc3ccccc3C(C)(C)C)sc2c1. The van der Waals surface area contributed by atoms with Gasteiger partial charge in [-0.15, -0.1) is 11.3 Å². The second-order valence-electron chi connectivity index (χ2n) is 8.22. The van der Waals surface area contributed by atoms with Crippen LogP contribution in [0.15, 0.2) is 53.9 Å². The molecule has 4 nitrogen and oxygen atoms in total. The van der Waals surface area contributed by atoms with E-state index in [0.717, 1.165) is 37.4 Å². The van der Waals surface area contributed by atoms with Gasteiger partial charge >= 0.3 is 0 Å². The number of hydrogen-bond acceptors (Lipinski definition) is 6. The summed E-state index contributed by atoms with van der Waals surface area (Å²) in [5.74, 6) is 0.887. The molecule has 0 aliphatic heterocycles. The fourth-order valence-corrected chi connectivity index (χ4v) is 4.88. The minimum atomic E-state index is 0.00548. The van der Waals surface area contributed by atoms with E-state index in [4.69, 9.17) is 14.5 Å². The number of anilines is 2. The fourth-order valence-electron chi connectivity index (χ4n) is 3.24. The Morgan fingerprint density at radius 2 is 1.87 bits per heavy atom. The lowest BCUT2D eigenvalue weighted by Crippen LogP contribution is -2.12. The normalized spacial score (nSPS) is 12.8. The Morgan fingerprint density at radius 3 is 2.63 bits per heavy atom. The third-order valence-electron chi connectivity index (χ3n) is 5.00. The van der Waals surface area contributed by atoms with Crippen LogP contribution < -0.4 is 10.1 Å². The van der Waals surface area contributed by atoms with E-state index in [1.807, 2.05) is 36.6 Å². The number of aromatic nitrogens is 1. The topological polar surface area (TPSA) is 43.4 Å². The predicted molar refractivity (Wildman–Crippen MR) is 128 cm³/mol. The minimum Gasteiger partial charge on any atom is -0.444 e. The van der Waals surface area contributed by atoms with E-state index < -0.39 is 0 Å². The van der Waals surface area contributed by atoms with Crippen LogP contribution in [0.3, 0.4) is 0 Å². The van der Waals surface area contributed by atoms with Crippen LogP contribution in [-0.4, -0.2) is 12.1 Å². The Balaban J connectivity index is 1.59. The summed E-state index contributed by atoms with van der Waals surface area (Å²) >= 11 is 3.21. The van der Waals surface area contributed by atoms with Crippen LogP contribution in [0.4, 0.5) is 10.8 Å². The van der Waals surface area contributed by atoms with Gasteiger partial charge in [-0.25, -0.2) is 4.98 Å². The van der Waals surface area contributed by atoms with E-state index in [0.29, 0.717) is 0 Å². The van der Waals surface area contributed by atoms with Crippen molar-refractivity contribution in [3.05, 3.63) is 65.0 Å². The second-order valence-corrected chi connectivity index (χ2v) is 10.1. The lowest BCUT2D eigenvalue weighted by Gasteiger charge is -2.22. The van der Waals surface area contributed by atoms with Gasteiger partial charge in [-0.05, 0) is 47.5 Å². The zero-order valence-corrected chi connectivity index (χ0v) is 19.5. The molecule has 30 heavy (non-hydrogen) atoms. The average Bonchev–Trinajstić information content (AvgIpc) is 3.32. The van der Waals surface area contributed by atoms with Gasteiger partial charge < -0.3 is 14.8 Å². The number of nitrogens with zero attached hydrogens (tertiary/aromatic N) is 1. The molecule has 0 aliphatic rings. The first-order valence-corrected chi connectivity index (χ1v) is 11.6. The van der Waals surface area contributed by atoms with E-state index in [9.17, 15) is 0 Å². The molecule has 2 heterocycles. The Kier molecular flexibility index (Phi) is 5.82. The molecule has 6 heteroatoms. The minimum absolute atomic E-state index is 0.00548.